The molecule has 16 heavy (non-hydrogen) atoms. The second-order valence-corrected chi connectivity index (χ2v) is 3.53. The van der Waals surface area contributed by atoms with Gasteiger partial charge in [-0.15, -0.1) is 0 Å². The molecule has 0 aliphatic carbocycles. The van der Waals surface area contributed by atoms with E-state index >= 15 is 0 Å². The Morgan fingerprint density at radius 1 is 1.31 bits per heavy atom. The van der Waals surface area contributed by atoms with Crippen molar-refractivity contribution in [2.75, 3.05) is 5.73 Å². The Hall–Kier alpha value is -2.30. The van der Waals surface area contributed by atoms with Crippen molar-refractivity contribution < 1.29 is 4.42 Å². The lowest BCUT2D eigenvalue weighted by molar-refractivity contribution is 0.521. The molecule has 0 unspecified atom stereocenters. The number of aryl methyl sites for hydroxylation is 1. The van der Waals surface area contributed by atoms with Crippen LogP contribution < -0.4 is 5.73 Å². The summed E-state index contributed by atoms with van der Waals surface area (Å²) in [5.41, 5.74) is 8.12. The average molecular weight is 214 g/mol. The minimum Gasteiger partial charge on any atom is -0.449 e. The van der Waals surface area contributed by atoms with Crippen LogP contribution in [0.1, 0.15) is 5.89 Å². The molecule has 0 atom stereocenters. The largest absolute Gasteiger partial charge is 0.449 e. The lowest BCUT2D eigenvalue weighted by atomic mass is 10.3. The molecule has 0 aliphatic rings. The highest BCUT2D eigenvalue weighted by molar-refractivity contribution is 5.71. The predicted molar refractivity (Wildman–Crippen MR) is 59.8 cm³/mol. The van der Waals surface area contributed by atoms with Crippen LogP contribution in [0, 0.1) is 6.92 Å². The molecule has 3 aromatic rings. The van der Waals surface area contributed by atoms with Crippen molar-refractivity contribution in [3.63, 3.8) is 0 Å². The summed E-state index contributed by atoms with van der Waals surface area (Å²) in [4.78, 5) is 8.63. The van der Waals surface area contributed by atoms with Crippen LogP contribution in [0.5, 0.6) is 0 Å². The van der Waals surface area contributed by atoms with Crippen LogP contribution in [0.4, 0.5) is 5.82 Å². The third-order valence-corrected chi connectivity index (χ3v) is 2.43. The van der Waals surface area contributed by atoms with Crippen molar-refractivity contribution in [3.8, 4) is 11.4 Å². The molecule has 0 saturated carbocycles. The summed E-state index contributed by atoms with van der Waals surface area (Å²) in [6.45, 7) is 1.79. The van der Waals surface area contributed by atoms with Gasteiger partial charge in [-0.3, -0.25) is 4.40 Å². The van der Waals surface area contributed by atoms with Crippen LogP contribution in [0.3, 0.4) is 0 Å². The zero-order chi connectivity index (χ0) is 11.1. The fourth-order valence-electron chi connectivity index (χ4n) is 1.68. The molecule has 0 aliphatic heterocycles. The lowest BCUT2D eigenvalue weighted by Crippen LogP contribution is -1.93. The molecule has 0 radical (unpaired) electrons. The third-order valence-electron chi connectivity index (χ3n) is 2.43. The van der Waals surface area contributed by atoms with E-state index < -0.39 is 0 Å². The van der Waals surface area contributed by atoms with Crippen LogP contribution in [0.2, 0.25) is 0 Å². The molecule has 0 bridgehead atoms. The van der Waals surface area contributed by atoms with Crippen LogP contribution in [-0.4, -0.2) is 14.4 Å². The molecule has 3 aromatic heterocycles. The number of oxazole rings is 1. The molecule has 5 nitrogen and oxygen atoms in total. The minimum atomic E-state index is 0.573. The van der Waals surface area contributed by atoms with E-state index in [9.17, 15) is 0 Å². The van der Waals surface area contributed by atoms with Gasteiger partial charge in [0.2, 0.25) is 0 Å². The first-order valence-corrected chi connectivity index (χ1v) is 4.91. The number of anilines is 1. The van der Waals surface area contributed by atoms with Gasteiger partial charge in [-0.25, -0.2) is 9.97 Å². The Morgan fingerprint density at radius 2 is 2.19 bits per heavy atom. The Morgan fingerprint density at radius 3 is 2.88 bits per heavy atom. The Kier molecular flexibility index (Phi) is 1.73. The van der Waals surface area contributed by atoms with Crippen LogP contribution >= 0.6 is 0 Å². The van der Waals surface area contributed by atoms with Gasteiger partial charge in [0.1, 0.15) is 29.1 Å². The summed E-state index contributed by atoms with van der Waals surface area (Å²) < 4.78 is 6.97. The monoisotopic (exact) mass is 214 g/mol. The average Bonchev–Trinajstić information content (AvgIpc) is 2.84. The molecule has 2 N–H and O–H groups in total. The van der Waals surface area contributed by atoms with Gasteiger partial charge in [0.15, 0.2) is 5.89 Å². The van der Waals surface area contributed by atoms with Crippen LogP contribution in [0.15, 0.2) is 35.1 Å². The fourth-order valence-corrected chi connectivity index (χ4v) is 1.68. The van der Waals surface area contributed by atoms with Crippen molar-refractivity contribution >= 4 is 11.5 Å². The number of nitrogen functional groups attached to an aromatic ring is 1. The number of hydrogen-bond donors (Lipinski definition) is 1. The summed E-state index contributed by atoms with van der Waals surface area (Å²) >= 11 is 0. The van der Waals surface area contributed by atoms with E-state index in [1.54, 1.807) is 13.2 Å². The van der Waals surface area contributed by atoms with E-state index in [4.69, 9.17) is 10.2 Å². The maximum atomic E-state index is 6.00. The fraction of sp³-hybridized carbons (Fsp3) is 0.0909. The molecule has 0 saturated heterocycles. The number of fused-ring (bicyclic) bond motifs is 1. The first-order valence-electron chi connectivity index (χ1n) is 4.91. The van der Waals surface area contributed by atoms with E-state index in [1.807, 2.05) is 28.8 Å². The molecule has 80 valence electrons. The van der Waals surface area contributed by atoms with Crippen molar-refractivity contribution in [1.82, 2.24) is 14.4 Å². The molecular weight excluding hydrogens is 204 g/mol. The number of aromatic nitrogens is 3. The van der Waals surface area contributed by atoms with Crippen molar-refractivity contribution in [1.29, 1.82) is 0 Å². The summed E-state index contributed by atoms with van der Waals surface area (Å²) in [7, 11) is 0. The zero-order valence-electron chi connectivity index (χ0n) is 8.71. The highest BCUT2D eigenvalue weighted by Crippen LogP contribution is 2.25. The van der Waals surface area contributed by atoms with Crippen molar-refractivity contribution in [2.45, 2.75) is 6.92 Å². The van der Waals surface area contributed by atoms with Gasteiger partial charge in [-0.1, -0.05) is 6.07 Å². The lowest BCUT2D eigenvalue weighted by Gasteiger charge is -1.94. The van der Waals surface area contributed by atoms with Crippen molar-refractivity contribution in [2.24, 2.45) is 0 Å². The van der Waals surface area contributed by atoms with Gasteiger partial charge in [-0.2, -0.15) is 0 Å². The van der Waals surface area contributed by atoms with Gasteiger partial charge >= 0.3 is 0 Å². The number of hydrogen-bond acceptors (Lipinski definition) is 4. The molecule has 0 fully saturated rings. The number of nitrogens with two attached hydrogens (primary N) is 1. The first kappa shape index (κ1) is 8.96. The number of pyridine rings is 1. The number of nitrogens with zero attached hydrogens (tertiary/aromatic N) is 3. The maximum Gasteiger partial charge on any atom is 0.191 e. The standard InChI is InChI=1S/C11H10N4O/c1-7-13-8(6-16-7)10-11(12)15-5-3-2-4-9(15)14-10/h2-6H,12H2,1H3. The van der Waals surface area contributed by atoms with E-state index in [2.05, 4.69) is 9.97 Å². The molecule has 0 spiro atoms. The summed E-state index contributed by atoms with van der Waals surface area (Å²) in [6.07, 6.45) is 3.43. The highest BCUT2D eigenvalue weighted by atomic mass is 16.3. The molecule has 0 aromatic carbocycles. The molecule has 0 amide bonds. The first-order chi connectivity index (χ1) is 7.75. The van der Waals surface area contributed by atoms with E-state index in [-0.39, 0.29) is 0 Å². The SMILES string of the molecule is Cc1nc(-c2nc3ccccn3c2N)co1. The Labute approximate surface area is 91.5 Å². The molecule has 5 heteroatoms. The summed E-state index contributed by atoms with van der Waals surface area (Å²) in [6, 6.07) is 5.72. The summed E-state index contributed by atoms with van der Waals surface area (Å²) in [5, 5.41) is 0. The van der Waals surface area contributed by atoms with Crippen molar-refractivity contribution in [3.05, 3.63) is 36.5 Å². The topological polar surface area (TPSA) is 69.3 Å². The van der Waals surface area contributed by atoms with Crippen LogP contribution in [0.25, 0.3) is 17.0 Å². The van der Waals surface area contributed by atoms with Gasteiger partial charge in [0, 0.05) is 13.1 Å². The quantitative estimate of drug-likeness (QED) is 0.671. The minimum absolute atomic E-state index is 0.573. The van der Waals surface area contributed by atoms with E-state index in [0.717, 1.165) is 5.65 Å². The Bertz CT molecular complexity index is 653. The smallest absolute Gasteiger partial charge is 0.191 e. The van der Waals surface area contributed by atoms with Gasteiger partial charge in [0.25, 0.3) is 0 Å². The summed E-state index contributed by atoms with van der Waals surface area (Å²) in [5.74, 6) is 1.18. The normalized spacial score (nSPS) is 11.1. The molecular formula is C11H10N4O. The van der Waals surface area contributed by atoms with E-state index in [0.29, 0.717) is 23.1 Å². The molecule has 3 heterocycles. The second kappa shape index (κ2) is 3.10. The van der Waals surface area contributed by atoms with E-state index in [1.165, 1.54) is 0 Å². The third kappa shape index (κ3) is 1.18. The predicted octanol–water partition coefficient (Wildman–Crippen LogP) is 1.88. The molecule has 3 rings (SSSR count). The number of rotatable bonds is 1. The zero-order valence-corrected chi connectivity index (χ0v) is 8.71. The highest BCUT2D eigenvalue weighted by Gasteiger charge is 2.13. The number of imidazole rings is 1. The van der Waals surface area contributed by atoms with Gasteiger partial charge in [0.05, 0.1) is 0 Å². The second-order valence-electron chi connectivity index (χ2n) is 3.53. The van der Waals surface area contributed by atoms with Crippen LogP contribution in [-0.2, 0) is 0 Å². The maximum absolute atomic E-state index is 6.00. The van der Waals surface area contributed by atoms with Gasteiger partial charge < -0.3 is 10.2 Å². The van der Waals surface area contributed by atoms with Gasteiger partial charge in [-0.05, 0) is 12.1 Å². The Balaban J connectivity index is 2.28.